The zero-order valence-corrected chi connectivity index (χ0v) is 12.1. The first-order chi connectivity index (χ1) is 10.1. The van der Waals surface area contributed by atoms with Gasteiger partial charge in [0.1, 0.15) is 11.6 Å². The number of halogens is 2. The van der Waals surface area contributed by atoms with Gasteiger partial charge >= 0.3 is 0 Å². The molecule has 0 radical (unpaired) electrons. The summed E-state index contributed by atoms with van der Waals surface area (Å²) in [5.41, 5.74) is 0.887. The first kappa shape index (κ1) is 15.3. The van der Waals surface area contributed by atoms with Gasteiger partial charge in [0.15, 0.2) is 6.10 Å². The maximum absolute atomic E-state index is 12.9. The van der Waals surface area contributed by atoms with Crippen LogP contribution in [0.5, 0.6) is 5.75 Å². The number of amides is 1. The van der Waals surface area contributed by atoms with E-state index < -0.39 is 11.9 Å². The number of ether oxygens (including phenoxy) is 1. The molecule has 21 heavy (non-hydrogen) atoms. The Morgan fingerprint density at radius 1 is 1.48 bits per heavy atom. The summed E-state index contributed by atoms with van der Waals surface area (Å²) in [6.07, 6.45) is 2.58. The molecule has 0 saturated heterocycles. The molecule has 2 rings (SSSR count). The van der Waals surface area contributed by atoms with Crippen molar-refractivity contribution in [2.24, 2.45) is 0 Å². The van der Waals surface area contributed by atoms with Gasteiger partial charge in [-0.1, -0.05) is 17.7 Å². The maximum Gasteiger partial charge on any atom is 0.261 e. The van der Waals surface area contributed by atoms with E-state index in [1.165, 1.54) is 12.1 Å². The molecule has 0 unspecified atom stereocenters. The largest absolute Gasteiger partial charge is 0.479 e. The van der Waals surface area contributed by atoms with Crippen LogP contribution in [0.15, 0.2) is 42.7 Å². The number of aromatic nitrogens is 1. The lowest BCUT2D eigenvalue weighted by molar-refractivity contribution is -0.127. The Morgan fingerprint density at radius 3 is 2.95 bits per heavy atom. The van der Waals surface area contributed by atoms with Crippen LogP contribution in [0, 0.1) is 5.82 Å². The normalized spacial score (nSPS) is 11.8. The number of hydrogen-bond acceptors (Lipinski definition) is 3. The summed E-state index contributed by atoms with van der Waals surface area (Å²) in [4.78, 5) is 15.9. The Labute approximate surface area is 126 Å². The summed E-state index contributed by atoms with van der Waals surface area (Å²) in [5.74, 6) is -0.484. The van der Waals surface area contributed by atoms with Crippen molar-refractivity contribution in [2.75, 3.05) is 0 Å². The van der Waals surface area contributed by atoms with Crippen LogP contribution in [-0.2, 0) is 11.3 Å². The number of pyridine rings is 1. The van der Waals surface area contributed by atoms with Crippen molar-refractivity contribution in [3.8, 4) is 5.75 Å². The molecule has 110 valence electrons. The lowest BCUT2D eigenvalue weighted by Gasteiger charge is -2.15. The number of rotatable bonds is 5. The van der Waals surface area contributed by atoms with Crippen molar-refractivity contribution in [2.45, 2.75) is 19.6 Å². The quantitative estimate of drug-likeness (QED) is 0.924. The first-order valence-corrected chi connectivity index (χ1v) is 6.72. The number of carbonyl (C=O) groups is 1. The van der Waals surface area contributed by atoms with E-state index in [-0.39, 0.29) is 16.7 Å². The van der Waals surface area contributed by atoms with Crippen molar-refractivity contribution in [1.29, 1.82) is 0 Å². The highest BCUT2D eigenvalue weighted by Crippen LogP contribution is 2.25. The summed E-state index contributed by atoms with van der Waals surface area (Å²) in [6.45, 7) is 1.95. The van der Waals surface area contributed by atoms with Gasteiger partial charge in [-0.2, -0.15) is 0 Å². The lowest BCUT2D eigenvalue weighted by Crippen LogP contribution is -2.35. The van der Waals surface area contributed by atoms with Crippen molar-refractivity contribution >= 4 is 17.5 Å². The van der Waals surface area contributed by atoms with Crippen molar-refractivity contribution in [1.82, 2.24) is 10.3 Å². The molecule has 1 aromatic heterocycles. The molecule has 6 heteroatoms. The molecule has 0 aliphatic heterocycles. The Hall–Kier alpha value is -2.14. The minimum absolute atomic E-state index is 0.127. The fourth-order valence-electron chi connectivity index (χ4n) is 1.65. The third-order valence-corrected chi connectivity index (χ3v) is 3.05. The molecule has 0 aliphatic carbocycles. The topological polar surface area (TPSA) is 51.2 Å². The standard InChI is InChI=1S/C15H14ClFN2O2/c1-10(21-14-5-4-12(17)7-13(14)16)15(20)19-9-11-3-2-6-18-8-11/h2-8,10H,9H2,1H3,(H,19,20)/t10-/m0/s1. The second-order valence-electron chi connectivity index (χ2n) is 4.41. The summed E-state index contributed by atoms with van der Waals surface area (Å²) in [6, 6.07) is 7.40. The predicted molar refractivity (Wildman–Crippen MR) is 77.6 cm³/mol. The minimum Gasteiger partial charge on any atom is -0.479 e. The van der Waals surface area contributed by atoms with Crippen LogP contribution < -0.4 is 10.1 Å². The molecule has 1 atom stereocenters. The molecule has 1 amide bonds. The van der Waals surface area contributed by atoms with Gasteiger partial charge in [0.25, 0.3) is 5.91 Å². The van der Waals surface area contributed by atoms with Crippen LogP contribution in [0.3, 0.4) is 0 Å². The number of hydrogen-bond donors (Lipinski definition) is 1. The summed E-state index contributed by atoms with van der Waals surface area (Å²) < 4.78 is 18.4. The molecule has 1 heterocycles. The molecule has 4 nitrogen and oxygen atoms in total. The Morgan fingerprint density at radius 2 is 2.29 bits per heavy atom. The van der Waals surface area contributed by atoms with Gasteiger partial charge in [-0.15, -0.1) is 0 Å². The predicted octanol–water partition coefficient (Wildman–Crippen LogP) is 2.96. The van der Waals surface area contributed by atoms with Gasteiger partial charge in [-0.25, -0.2) is 4.39 Å². The SMILES string of the molecule is C[C@H](Oc1ccc(F)cc1Cl)C(=O)NCc1cccnc1. The third kappa shape index (κ3) is 4.43. The fraction of sp³-hybridized carbons (Fsp3) is 0.200. The molecule has 0 saturated carbocycles. The molecule has 0 aliphatic rings. The van der Waals surface area contributed by atoms with Crippen LogP contribution in [0.4, 0.5) is 4.39 Å². The van der Waals surface area contributed by atoms with E-state index in [1.54, 1.807) is 25.4 Å². The molecule has 0 fully saturated rings. The zero-order valence-electron chi connectivity index (χ0n) is 11.3. The highest BCUT2D eigenvalue weighted by molar-refractivity contribution is 6.32. The molecular weight excluding hydrogens is 295 g/mol. The molecule has 1 N–H and O–H groups in total. The van der Waals surface area contributed by atoms with E-state index in [0.717, 1.165) is 11.6 Å². The second-order valence-corrected chi connectivity index (χ2v) is 4.82. The van der Waals surface area contributed by atoms with Crippen LogP contribution >= 0.6 is 11.6 Å². The van der Waals surface area contributed by atoms with Crippen LogP contribution in [0.25, 0.3) is 0 Å². The smallest absolute Gasteiger partial charge is 0.261 e. The van der Waals surface area contributed by atoms with E-state index >= 15 is 0 Å². The summed E-state index contributed by atoms with van der Waals surface area (Å²) in [7, 11) is 0. The van der Waals surface area contributed by atoms with Crippen molar-refractivity contribution in [3.05, 3.63) is 59.1 Å². The third-order valence-electron chi connectivity index (χ3n) is 2.76. The highest BCUT2D eigenvalue weighted by atomic mass is 35.5. The molecule has 2 aromatic rings. The Balaban J connectivity index is 1.90. The van der Waals surface area contributed by atoms with E-state index in [1.807, 2.05) is 6.07 Å². The average molecular weight is 309 g/mol. The van der Waals surface area contributed by atoms with Crippen molar-refractivity contribution < 1.29 is 13.9 Å². The van der Waals surface area contributed by atoms with Gasteiger partial charge in [0.2, 0.25) is 0 Å². The summed E-state index contributed by atoms with van der Waals surface area (Å²) >= 11 is 5.85. The van der Waals surface area contributed by atoms with E-state index in [4.69, 9.17) is 16.3 Å². The minimum atomic E-state index is -0.746. The molecule has 0 spiro atoms. The fourth-order valence-corrected chi connectivity index (χ4v) is 1.86. The average Bonchev–Trinajstić information content (AvgIpc) is 2.48. The maximum atomic E-state index is 12.9. The molecular formula is C15H14ClFN2O2. The van der Waals surface area contributed by atoms with Crippen LogP contribution in [0.1, 0.15) is 12.5 Å². The van der Waals surface area contributed by atoms with Gasteiger partial charge in [0, 0.05) is 18.9 Å². The summed E-state index contributed by atoms with van der Waals surface area (Å²) in [5, 5.41) is 2.86. The van der Waals surface area contributed by atoms with Gasteiger partial charge in [0.05, 0.1) is 5.02 Å². The van der Waals surface area contributed by atoms with Crippen LogP contribution in [0.2, 0.25) is 5.02 Å². The van der Waals surface area contributed by atoms with E-state index in [0.29, 0.717) is 6.54 Å². The molecule has 1 aromatic carbocycles. The van der Waals surface area contributed by atoms with Crippen LogP contribution in [-0.4, -0.2) is 17.0 Å². The highest BCUT2D eigenvalue weighted by Gasteiger charge is 2.16. The lowest BCUT2D eigenvalue weighted by atomic mass is 10.2. The Kier molecular flexibility index (Phi) is 5.11. The number of benzene rings is 1. The first-order valence-electron chi connectivity index (χ1n) is 6.34. The van der Waals surface area contributed by atoms with Gasteiger partial charge < -0.3 is 10.1 Å². The zero-order chi connectivity index (χ0) is 15.2. The van der Waals surface area contributed by atoms with E-state index in [9.17, 15) is 9.18 Å². The second kappa shape index (κ2) is 7.04. The van der Waals surface area contributed by atoms with Crippen molar-refractivity contribution in [3.63, 3.8) is 0 Å². The number of nitrogens with one attached hydrogen (secondary N) is 1. The number of carbonyl (C=O) groups excluding carboxylic acids is 1. The number of nitrogens with zero attached hydrogens (tertiary/aromatic N) is 1. The van der Waals surface area contributed by atoms with E-state index in [2.05, 4.69) is 10.3 Å². The Bertz CT molecular complexity index is 622. The van der Waals surface area contributed by atoms with Gasteiger partial charge in [-0.05, 0) is 36.8 Å². The molecule has 0 bridgehead atoms. The van der Waals surface area contributed by atoms with Gasteiger partial charge in [-0.3, -0.25) is 9.78 Å². The monoisotopic (exact) mass is 308 g/mol.